The molecule has 2 aromatic carbocycles. The molecule has 98 valence electrons. The monoisotopic (exact) mass is 319 g/mol. The van der Waals surface area contributed by atoms with Crippen LogP contribution in [0.2, 0.25) is 0 Å². The number of aryl methyl sites for hydroxylation is 1. The quantitative estimate of drug-likeness (QED) is 0.760. The maximum Gasteiger partial charge on any atom is 0.248 e. The van der Waals surface area contributed by atoms with Crippen LogP contribution in [-0.4, -0.2) is 5.91 Å². The van der Waals surface area contributed by atoms with E-state index in [1.165, 1.54) is 0 Å². The van der Waals surface area contributed by atoms with Crippen molar-refractivity contribution in [3.63, 3.8) is 0 Å². The van der Waals surface area contributed by atoms with Crippen molar-refractivity contribution in [2.24, 2.45) is 5.73 Å². The number of nitrogens with one attached hydrogen (secondary N) is 1. The molecule has 0 saturated carbocycles. The van der Waals surface area contributed by atoms with Gasteiger partial charge < -0.3 is 16.8 Å². The summed E-state index contributed by atoms with van der Waals surface area (Å²) in [5, 5.41) is 3.18. The minimum atomic E-state index is -0.477. The fraction of sp³-hybridized carbons (Fsp3) is 0.0714. The van der Waals surface area contributed by atoms with E-state index in [0.29, 0.717) is 16.9 Å². The summed E-state index contributed by atoms with van der Waals surface area (Å²) in [5.74, 6) is -0.477. The van der Waals surface area contributed by atoms with Crippen LogP contribution in [0.5, 0.6) is 0 Å². The van der Waals surface area contributed by atoms with Crippen molar-refractivity contribution in [1.82, 2.24) is 0 Å². The van der Waals surface area contributed by atoms with Crippen molar-refractivity contribution in [2.75, 3.05) is 11.1 Å². The Labute approximate surface area is 119 Å². The minimum Gasteiger partial charge on any atom is -0.397 e. The van der Waals surface area contributed by atoms with Gasteiger partial charge in [0.2, 0.25) is 5.91 Å². The summed E-state index contributed by atoms with van der Waals surface area (Å²) in [6.07, 6.45) is 0. The first-order valence-electron chi connectivity index (χ1n) is 5.70. The van der Waals surface area contributed by atoms with E-state index in [0.717, 1.165) is 15.7 Å². The lowest BCUT2D eigenvalue weighted by atomic mass is 10.1. The molecule has 2 aromatic rings. The van der Waals surface area contributed by atoms with Crippen molar-refractivity contribution in [1.29, 1.82) is 0 Å². The fourth-order valence-corrected chi connectivity index (χ4v) is 1.94. The lowest BCUT2D eigenvalue weighted by Crippen LogP contribution is -2.11. The molecule has 0 bridgehead atoms. The third kappa shape index (κ3) is 3.06. The standard InChI is InChI=1S/C14H14BrN3O/c1-8-6-10(3-4-11(8)15)18-13-7-9(14(17)19)2-5-12(13)16/h2-7,18H,16H2,1H3,(H2,17,19). The van der Waals surface area contributed by atoms with Crippen molar-refractivity contribution in [2.45, 2.75) is 6.92 Å². The maximum absolute atomic E-state index is 11.2. The minimum absolute atomic E-state index is 0.422. The summed E-state index contributed by atoms with van der Waals surface area (Å²) in [6, 6.07) is 10.8. The van der Waals surface area contributed by atoms with Gasteiger partial charge in [-0.05, 0) is 48.9 Å². The molecule has 0 spiro atoms. The van der Waals surface area contributed by atoms with Crippen LogP contribution in [-0.2, 0) is 0 Å². The van der Waals surface area contributed by atoms with Crippen molar-refractivity contribution < 1.29 is 4.79 Å². The first-order chi connectivity index (χ1) is 8.97. The average molecular weight is 320 g/mol. The zero-order chi connectivity index (χ0) is 14.0. The molecule has 5 heteroatoms. The molecule has 0 fully saturated rings. The van der Waals surface area contributed by atoms with E-state index in [4.69, 9.17) is 11.5 Å². The van der Waals surface area contributed by atoms with Gasteiger partial charge in [-0.15, -0.1) is 0 Å². The van der Waals surface area contributed by atoms with Gasteiger partial charge in [-0.25, -0.2) is 0 Å². The molecule has 0 radical (unpaired) electrons. The van der Waals surface area contributed by atoms with Crippen LogP contribution in [0.15, 0.2) is 40.9 Å². The normalized spacial score (nSPS) is 10.2. The van der Waals surface area contributed by atoms with Crippen LogP contribution < -0.4 is 16.8 Å². The highest BCUT2D eigenvalue weighted by Gasteiger charge is 2.06. The Bertz CT molecular complexity index is 641. The first-order valence-corrected chi connectivity index (χ1v) is 6.49. The van der Waals surface area contributed by atoms with Gasteiger partial charge in [-0.2, -0.15) is 0 Å². The van der Waals surface area contributed by atoms with E-state index in [2.05, 4.69) is 21.2 Å². The number of nitrogen functional groups attached to an aromatic ring is 1. The number of rotatable bonds is 3. The number of hydrogen-bond acceptors (Lipinski definition) is 3. The van der Waals surface area contributed by atoms with Gasteiger partial charge in [0, 0.05) is 15.7 Å². The third-order valence-electron chi connectivity index (χ3n) is 2.77. The smallest absolute Gasteiger partial charge is 0.248 e. The molecular formula is C14H14BrN3O. The topological polar surface area (TPSA) is 81.1 Å². The molecule has 0 aliphatic heterocycles. The zero-order valence-corrected chi connectivity index (χ0v) is 12.0. The molecular weight excluding hydrogens is 306 g/mol. The summed E-state index contributed by atoms with van der Waals surface area (Å²) in [5.41, 5.74) is 14.8. The van der Waals surface area contributed by atoms with Gasteiger partial charge in [0.1, 0.15) is 0 Å². The highest BCUT2D eigenvalue weighted by molar-refractivity contribution is 9.10. The average Bonchev–Trinajstić information content (AvgIpc) is 2.36. The lowest BCUT2D eigenvalue weighted by Gasteiger charge is -2.11. The van der Waals surface area contributed by atoms with Gasteiger partial charge in [0.15, 0.2) is 0 Å². The summed E-state index contributed by atoms with van der Waals surface area (Å²) in [6.45, 7) is 2.00. The summed E-state index contributed by atoms with van der Waals surface area (Å²) < 4.78 is 1.04. The largest absolute Gasteiger partial charge is 0.397 e. The van der Waals surface area contributed by atoms with E-state index in [1.807, 2.05) is 25.1 Å². The van der Waals surface area contributed by atoms with Crippen LogP contribution in [0.25, 0.3) is 0 Å². The third-order valence-corrected chi connectivity index (χ3v) is 3.66. The van der Waals surface area contributed by atoms with E-state index in [1.54, 1.807) is 18.2 Å². The van der Waals surface area contributed by atoms with Crippen molar-refractivity contribution in [3.05, 3.63) is 52.0 Å². The summed E-state index contributed by atoms with van der Waals surface area (Å²) >= 11 is 3.45. The van der Waals surface area contributed by atoms with Gasteiger partial charge in [0.25, 0.3) is 0 Å². The number of nitrogens with two attached hydrogens (primary N) is 2. The highest BCUT2D eigenvalue weighted by atomic mass is 79.9. The highest BCUT2D eigenvalue weighted by Crippen LogP contribution is 2.27. The molecule has 4 nitrogen and oxygen atoms in total. The van der Waals surface area contributed by atoms with Crippen molar-refractivity contribution >= 4 is 38.9 Å². The van der Waals surface area contributed by atoms with Crippen LogP contribution in [0.1, 0.15) is 15.9 Å². The van der Waals surface area contributed by atoms with E-state index in [9.17, 15) is 4.79 Å². The van der Waals surface area contributed by atoms with E-state index >= 15 is 0 Å². The molecule has 0 atom stereocenters. The Morgan fingerprint density at radius 2 is 1.95 bits per heavy atom. The second kappa shape index (κ2) is 5.32. The molecule has 0 aliphatic carbocycles. The number of amides is 1. The number of halogens is 1. The van der Waals surface area contributed by atoms with E-state index in [-0.39, 0.29) is 0 Å². The number of carbonyl (C=O) groups is 1. The number of benzene rings is 2. The molecule has 1 amide bonds. The first kappa shape index (κ1) is 13.4. The predicted octanol–water partition coefficient (Wildman–Crippen LogP) is 3.18. The molecule has 0 unspecified atom stereocenters. The van der Waals surface area contributed by atoms with Crippen LogP contribution >= 0.6 is 15.9 Å². The summed E-state index contributed by atoms with van der Waals surface area (Å²) in [4.78, 5) is 11.2. The molecule has 0 aliphatic rings. The molecule has 19 heavy (non-hydrogen) atoms. The second-order valence-corrected chi connectivity index (χ2v) is 5.11. The number of hydrogen-bond donors (Lipinski definition) is 3. The zero-order valence-electron chi connectivity index (χ0n) is 10.4. The lowest BCUT2D eigenvalue weighted by molar-refractivity contribution is 0.100. The van der Waals surface area contributed by atoms with Crippen LogP contribution in [0.4, 0.5) is 17.1 Å². The Morgan fingerprint density at radius 1 is 1.21 bits per heavy atom. The Kier molecular flexibility index (Phi) is 3.76. The molecule has 5 N–H and O–H groups in total. The number of carbonyl (C=O) groups excluding carboxylic acids is 1. The predicted molar refractivity (Wildman–Crippen MR) is 81.5 cm³/mol. The summed E-state index contributed by atoms with van der Waals surface area (Å²) in [7, 11) is 0. The second-order valence-electron chi connectivity index (χ2n) is 4.26. The molecule has 0 heterocycles. The maximum atomic E-state index is 11.2. The van der Waals surface area contributed by atoms with Crippen LogP contribution in [0.3, 0.4) is 0 Å². The van der Waals surface area contributed by atoms with Gasteiger partial charge >= 0.3 is 0 Å². The Balaban J connectivity index is 2.34. The van der Waals surface area contributed by atoms with Gasteiger partial charge in [0.05, 0.1) is 11.4 Å². The fourth-order valence-electron chi connectivity index (χ4n) is 1.70. The molecule has 0 aromatic heterocycles. The number of anilines is 3. The Morgan fingerprint density at radius 3 is 2.58 bits per heavy atom. The SMILES string of the molecule is Cc1cc(Nc2cc(C(N)=O)ccc2N)ccc1Br. The van der Waals surface area contributed by atoms with Gasteiger partial charge in [-0.1, -0.05) is 15.9 Å². The molecule has 0 saturated heterocycles. The Hall–Kier alpha value is -2.01. The van der Waals surface area contributed by atoms with Crippen molar-refractivity contribution in [3.8, 4) is 0 Å². The van der Waals surface area contributed by atoms with E-state index < -0.39 is 5.91 Å². The number of primary amides is 1. The van der Waals surface area contributed by atoms with Gasteiger partial charge in [-0.3, -0.25) is 4.79 Å². The molecule has 2 rings (SSSR count). The van der Waals surface area contributed by atoms with Crippen LogP contribution in [0, 0.1) is 6.92 Å².